The predicted molar refractivity (Wildman–Crippen MR) is 84.4 cm³/mol. The smallest absolute Gasteiger partial charge is 0.348 e. The second kappa shape index (κ2) is 6.39. The maximum absolute atomic E-state index is 12.6. The molecule has 8 heteroatoms. The largest absolute Gasteiger partial charge is 0.431 e. The normalized spacial score (nSPS) is 23.7. The summed E-state index contributed by atoms with van der Waals surface area (Å²) in [7, 11) is -3.75. The third-order valence-corrected chi connectivity index (χ3v) is 4.63. The number of cyclic esters (lactones) is 1. The molecular formula is C15H19ClO6S. The molecule has 1 aromatic carbocycles. The van der Waals surface area contributed by atoms with E-state index in [9.17, 15) is 13.2 Å². The first-order valence-corrected chi connectivity index (χ1v) is 9.40. The molecule has 0 radical (unpaired) electrons. The number of esters is 1. The van der Waals surface area contributed by atoms with Crippen LogP contribution in [0.3, 0.4) is 0 Å². The van der Waals surface area contributed by atoms with Crippen LogP contribution in [0.5, 0.6) is 0 Å². The molecule has 1 aliphatic rings. The number of hydrogen-bond acceptors (Lipinski definition) is 6. The Bertz CT molecular complexity index is 680. The minimum Gasteiger partial charge on any atom is -0.431 e. The van der Waals surface area contributed by atoms with Gasteiger partial charge >= 0.3 is 5.97 Å². The first-order chi connectivity index (χ1) is 10.7. The van der Waals surface area contributed by atoms with Gasteiger partial charge in [-0.25, -0.2) is 4.79 Å². The SMILES string of the molecule is CCC1(CC)OC(=O)C(COS(C)(=O)=O)(c2ccc(Cl)cc2)O1. The van der Waals surface area contributed by atoms with Gasteiger partial charge in [0.15, 0.2) is 0 Å². The van der Waals surface area contributed by atoms with E-state index in [0.29, 0.717) is 23.4 Å². The molecule has 1 unspecified atom stereocenters. The molecule has 2 rings (SSSR count). The zero-order valence-corrected chi connectivity index (χ0v) is 14.7. The van der Waals surface area contributed by atoms with Gasteiger partial charge in [-0.05, 0) is 17.7 Å². The topological polar surface area (TPSA) is 78.9 Å². The summed E-state index contributed by atoms with van der Waals surface area (Å²) in [5, 5.41) is 0.483. The molecule has 0 saturated carbocycles. The third kappa shape index (κ3) is 3.68. The highest BCUT2D eigenvalue weighted by molar-refractivity contribution is 7.85. The van der Waals surface area contributed by atoms with E-state index in [0.717, 1.165) is 6.26 Å². The summed E-state index contributed by atoms with van der Waals surface area (Å²) in [6, 6.07) is 6.37. The fraction of sp³-hybridized carbons (Fsp3) is 0.533. The van der Waals surface area contributed by atoms with Crippen molar-refractivity contribution in [1.29, 1.82) is 0 Å². The van der Waals surface area contributed by atoms with Gasteiger partial charge in [0.05, 0.1) is 6.26 Å². The average molecular weight is 363 g/mol. The zero-order valence-electron chi connectivity index (χ0n) is 13.2. The molecule has 0 spiro atoms. The Morgan fingerprint density at radius 1 is 1.17 bits per heavy atom. The van der Waals surface area contributed by atoms with Gasteiger partial charge in [-0.3, -0.25) is 4.18 Å². The number of halogens is 1. The molecule has 1 aliphatic heterocycles. The zero-order chi connectivity index (χ0) is 17.3. The molecule has 1 aromatic rings. The van der Waals surface area contributed by atoms with Gasteiger partial charge in [-0.2, -0.15) is 8.42 Å². The number of carbonyl (C=O) groups excluding carboxylic acids is 1. The summed E-state index contributed by atoms with van der Waals surface area (Å²) in [6.45, 7) is 3.16. The molecule has 23 heavy (non-hydrogen) atoms. The van der Waals surface area contributed by atoms with Crippen molar-refractivity contribution in [2.24, 2.45) is 0 Å². The van der Waals surface area contributed by atoms with Crippen molar-refractivity contribution in [3.63, 3.8) is 0 Å². The monoisotopic (exact) mass is 362 g/mol. The molecule has 128 valence electrons. The van der Waals surface area contributed by atoms with Crippen LogP contribution in [0.15, 0.2) is 24.3 Å². The van der Waals surface area contributed by atoms with Crippen molar-refractivity contribution in [3.8, 4) is 0 Å². The van der Waals surface area contributed by atoms with E-state index in [1.807, 2.05) is 13.8 Å². The molecule has 1 fully saturated rings. The van der Waals surface area contributed by atoms with Crippen molar-refractivity contribution in [2.45, 2.75) is 38.1 Å². The van der Waals surface area contributed by atoms with Crippen molar-refractivity contribution < 1.29 is 26.9 Å². The Morgan fingerprint density at radius 2 is 1.74 bits per heavy atom. The van der Waals surface area contributed by atoms with E-state index >= 15 is 0 Å². The lowest BCUT2D eigenvalue weighted by Gasteiger charge is -2.28. The Hall–Kier alpha value is -1.15. The molecule has 0 bridgehead atoms. The summed E-state index contributed by atoms with van der Waals surface area (Å²) in [6.07, 6.45) is 1.78. The van der Waals surface area contributed by atoms with E-state index in [4.69, 9.17) is 25.3 Å². The summed E-state index contributed by atoms with van der Waals surface area (Å²) >= 11 is 5.88. The molecule has 0 N–H and O–H groups in total. The molecular weight excluding hydrogens is 344 g/mol. The molecule has 0 aromatic heterocycles. The van der Waals surface area contributed by atoms with Gasteiger partial charge in [-0.1, -0.05) is 37.6 Å². The van der Waals surface area contributed by atoms with Crippen LogP contribution in [0.1, 0.15) is 32.3 Å². The minimum atomic E-state index is -3.75. The Morgan fingerprint density at radius 3 is 2.17 bits per heavy atom. The number of carbonyl (C=O) groups is 1. The maximum Gasteiger partial charge on any atom is 0.348 e. The Balaban J connectivity index is 2.48. The second-order valence-corrected chi connectivity index (χ2v) is 7.49. The van der Waals surface area contributed by atoms with E-state index in [-0.39, 0.29) is 0 Å². The van der Waals surface area contributed by atoms with Crippen molar-refractivity contribution in [3.05, 3.63) is 34.9 Å². The Kier molecular flexibility index (Phi) is 5.06. The average Bonchev–Trinajstić information content (AvgIpc) is 2.80. The quantitative estimate of drug-likeness (QED) is 0.571. The summed E-state index contributed by atoms with van der Waals surface area (Å²) in [5.41, 5.74) is -1.21. The summed E-state index contributed by atoms with van der Waals surface area (Å²) in [4.78, 5) is 12.6. The molecule has 6 nitrogen and oxygen atoms in total. The minimum absolute atomic E-state index is 0.430. The van der Waals surface area contributed by atoms with Crippen molar-refractivity contribution in [2.75, 3.05) is 12.9 Å². The van der Waals surface area contributed by atoms with Crippen molar-refractivity contribution in [1.82, 2.24) is 0 Å². The number of rotatable bonds is 6. The van der Waals surface area contributed by atoms with Crippen LogP contribution in [0.4, 0.5) is 0 Å². The van der Waals surface area contributed by atoms with E-state index in [2.05, 4.69) is 0 Å². The number of ether oxygens (including phenoxy) is 2. The van der Waals surface area contributed by atoms with E-state index in [1.165, 1.54) is 0 Å². The summed E-state index contributed by atoms with van der Waals surface area (Å²) < 4.78 is 39.0. The van der Waals surface area contributed by atoms with Crippen LogP contribution in [-0.2, 0) is 34.2 Å². The molecule has 0 aliphatic carbocycles. The first-order valence-electron chi connectivity index (χ1n) is 7.20. The first kappa shape index (κ1) is 18.2. The maximum atomic E-state index is 12.6. The van der Waals surface area contributed by atoms with Gasteiger partial charge in [0.1, 0.15) is 6.61 Å². The molecule has 0 amide bonds. The van der Waals surface area contributed by atoms with Crippen molar-refractivity contribution >= 4 is 27.7 Å². The standard InChI is InChI=1S/C15H19ClO6S/c1-4-14(5-2)21-13(17)15(22-14,10-20-23(3,18)19)11-6-8-12(16)9-7-11/h6-9H,4-5,10H2,1-3H3. The molecule has 1 heterocycles. The fourth-order valence-electron chi connectivity index (χ4n) is 2.43. The van der Waals surface area contributed by atoms with Crippen LogP contribution in [0.25, 0.3) is 0 Å². The van der Waals surface area contributed by atoms with Crippen LogP contribution in [0.2, 0.25) is 5.02 Å². The highest BCUT2D eigenvalue weighted by atomic mass is 35.5. The summed E-state index contributed by atoms with van der Waals surface area (Å²) in [5.74, 6) is -1.77. The fourth-order valence-corrected chi connectivity index (χ4v) is 2.93. The van der Waals surface area contributed by atoms with E-state index in [1.54, 1.807) is 24.3 Å². The highest BCUT2D eigenvalue weighted by Gasteiger charge is 2.58. The van der Waals surface area contributed by atoms with Gasteiger partial charge in [0, 0.05) is 17.9 Å². The van der Waals surface area contributed by atoms with Gasteiger partial charge in [0.2, 0.25) is 11.4 Å². The lowest BCUT2D eigenvalue weighted by Crippen LogP contribution is -2.40. The van der Waals surface area contributed by atoms with Crippen LogP contribution < -0.4 is 0 Å². The lowest BCUT2D eigenvalue weighted by molar-refractivity contribution is -0.198. The molecule has 1 atom stereocenters. The predicted octanol–water partition coefficient (Wildman–Crippen LogP) is 2.60. The van der Waals surface area contributed by atoms with Crippen LogP contribution >= 0.6 is 11.6 Å². The third-order valence-electron chi connectivity index (χ3n) is 3.83. The van der Waals surface area contributed by atoms with Crippen LogP contribution in [-0.4, -0.2) is 33.0 Å². The second-order valence-electron chi connectivity index (χ2n) is 5.41. The van der Waals surface area contributed by atoms with Crippen LogP contribution in [0, 0.1) is 0 Å². The Labute approximate surface area is 140 Å². The van der Waals surface area contributed by atoms with Gasteiger partial charge in [0.25, 0.3) is 10.1 Å². The van der Waals surface area contributed by atoms with E-state index < -0.39 is 34.1 Å². The molecule has 1 saturated heterocycles. The number of hydrogen-bond donors (Lipinski definition) is 0. The number of benzene rings is 1. The lowest BCUT2D eigenvalue weighted by atomic mass is 9.95. The van der Waals surface area contributed by atoms with Gasteiger partial charge in [-0.15, -0.1) is 0 Å². The highest BCUT2D eigenvalue weighted by Crippen LogP contribution is 2.44. The van der Waals surface area contributed by atoms with Gasteiger partial charge < -0.3 is 9.47 Å².